The molecule has 2 heterocycles. The van der Waals surface area contributed by atoms with E-state index < -0.39 is 0 Å². The summed E-state index contributed by atoms with van der Waals surface area (Å²) in [5.74, 6) is 1.01. The molecule has 3 aromatic rings. The molecular formula is C16H14ClN3. The van der Waals surface area contributed by atoms with Crippen LogP contribution in [0.5, 0.6) is 0 Å². The Bertz CT molecular complexity index is 784. The van der Waals surface area contributed by atoms with E-state index in [9.17, 15) is 0 Å². The molecule has 0 aliphatic rings. The van der Waals surface area contributed by atoms with Crippen molar-refractivity contribution in [3.8, 4) is 11.5 Å². The van der Waals surface area contributed by atoms with Crippen LogP contribution in [0.4, 0.5) is 0 Å². The molecule has 0 atom stereocenters. The van der Waals surface area contributed by atoms with Gasteiger partial charge in [0.2, 0.25) is 0 Å². The number of nitrogens with zero attached hydrogens (tertiary/aromatic N) is 3. The Balaban J connectivity index is 2.22. The predicted molar refractivity (Wildman–Crippen MR) is 81.8 cm³/mol. The average molecular weight is 284 g/mol. The van der Waals surface area contributed by atoms with Crippen LogP contribution in [0.3, 0.4) is 0 Å². The maximum atomic E-state index is 5.87. The summed E-state index contributed by atoms with van der Waals surface area (Å²) < 4.78 is 0. The van der Waals surface area contributed by atoms with Crippen LogP contribution in [0.1, 0.15) is 17.0 Å². The molecule has 0 fully saturated rings. The Morgan fingerprint density at radius 2 is 1.80 bits per heavy atom. The summed E-state index contributed by atoms with van der Waals surface area (Å²) in [5, 5.41) is 1.15. The van der Waals surface area contributed by atoms with Crippen molar-refractivity contribution in [3.05, 3.63) is 53.3 Å². The van der Waals surface area contributed by atoms with Gasteiger partial charge < -0.3 is 0 Å². The Morgan fingerprint density at radius 1 is 1.00 bits per heavy atom. The van der Waals surface area contributed by atoms with E-state index in [1.54, 1.807) is 0 Å². The monoisotopic (exact) mass is 283 g/mol. The van der Waals surface area contributed by atoms with E-state index in [0.717, 1.165) is 28.0 Å². The second-order valence-corrected chi connectivity index (χ2v) is 5.07. The fraction of sp³-hybridized carbons (Fsp3) is 0.188. The summed E-state index contributed by atoms with van der Waals surface area (Å²) in [6.07, 6.45) is 0. The highest BCUT2D eigenvalue weighted by Gasteiger charge is 2.09. The molecule has 100 valence electrons. The summed E-state index contributed by atoms with van der Waals surface area (Å²) in [6, 6.07) is 12.0. The molecule has 0 spiro atoms. The lowest BCUT2D eigenvalue weighted by Crippen LogP contribution is -1.98. The topological polar surface area (TPSA) is 38.7 Å². The zero-order valence-corrected chi connectivity index (χ0v) is 12.1. The lowest BCUT2D eigenvalue weighted by atomic mass is 10.1. The first kappa shape index (κ1) is 13.0. The Labute approximate surface area is 122 Å². The summed E-state index contributed by atoms with van der Waals surface area (Å²) in [4.78, 5) is 13.6. The van der Waals surface area contributed by atoms with Crippen LogP contribution in [0, 0.1) is 13.8 Å². The van der Waals surface area contributed by atoms with Crippen molar-refractivity contribution in [1.82, 2.24) is 15.0 Å². The number of hydrogen-bond donors (Lipinski definition) is 0. The van der Waals surface area contributed by atoms with Crippen LogP contribution < -0.4 is 0 Å². The third-order valence-corrected chi connectivity index (χ3v) is 3.47. The van der Waals surface area contributed by atoms with E-state index in [4.69, 9.17) is 11.6 Å². The van der Waals surface area contributed by atoms with Crippen LogP contribution in [-0.2, 0) is 5.88 Å². The largest absolute Gasteiger partial charge is 0.244 e. The van der Waals surface area contributed by atoms with Gasteiger partial charge in [-0.3, -0.25) is 0 Å². The lowest BCUT2D eigenvalue weighted by Gasteiger charge is -2.07. The van der Waals surface area contributed by atoms with Crippen LogP contribution in [0.2, 0.25) is 0 Å². The lowest BCUT2D eigenvalue weighted by molar-refractivity contribution is 1.04. The van der Waals surface area contributed by atoms with Gasteiger partial charge in [0.05, 0.1) is 17.1 Å². The quantitative estimate of drug-likeness (QED) is 0.666. The van der Waals surface area contributed by atoms with E-state index in [1.165, 1.54) is 5.56 Å². The number of aromatic nitrogens is 3. The molecule has 1 aromatic carbocycles. The van der Waals surface area contributed by atoms with E-state index in [1.807, 2.05) is 37.3 Å². The second-order valence-electron chi connectivity index (χ2n) is 4.80. The van der Waals surface area contributed by atoms with Crippen molar-refractivity contribution in [2.24, 2.45) is 0 Å². The molecule has 4 heteroatoms. The minimum absolute atomic E-state index is 0.378. The Morgan fingerprint density at radius 3 is 2.60 bits per heavy atom. The van der Waals surface area contributed by atoms with Crippen LogP contribution in [0.15, 0.2) is 36.4 Å². The van der Waals surface area contributed by atoms with Gasteiger partial charge in [-0.05, 0) is 37.6 Å². The molecule has 0 saturated heterocycles. The highest BCUT2D eigenvalue weighted by molar-refractivity contribution is 6.16. The van der Waals surface area contributed by atoms with Crippen molar-refractivity contribution in [2.75, 3.05) is 0 Å². The minimum Gasteiger partial charge on any atom is -0.244 e. The van der Waals surface area contributed by atoms with Crippen molar-refractivity contribution >= 4 is 22.5 Å². The van der Waals surface area contributed by atoms with Crippen molar-refractivity contribution in [3.63, 3.8) is 0 Å². The van der Waals surface area contributed by atoms with Gasteiger partial charge in [0.15, 0.2) is 5.82 Å². The standard InChI is InChI=1S/C16H14ClN3/c1-10-7-15(20-14-6-4-3-5-13(10)14)16-18-11(2)8-12(9-17)19-16/h3-8H,9H2,1-2H3. The molecule has 0 amide bonds. The molecule has 0 radical (unpaired) electrons. The zero-order chi connectivity index (χ0) is 14.1. The molecular weight excluding hydrogens is 270 g/mol. The van der Waals surface area contributed by atoms with Gasteiger partial charge in [0.1, 0.15) is 5.69 Å². The number of hydrogen-bond acceptors (Lipinski definition) is 3. The first-order valence-electron chi connectivity index (χ1n) is 6.44. The smallest absolute Gasteiger partial charge is 0.178 e. The zero-order valence-electron chi connectivity index (χ0n) is 11.4. The average Bonchev–Trinajstić information content (AvgIpc) is 2.46. The summed E-state index contributed by atoms with van der Waals surface area (Å²) in [6.45, 7) is 4.01. The Hall–Kier alpha value is -2.00. The molecule has 3 nitrogen and oxygen atoms in total. The molecule has 3 rings (SSSR count). The maximum Gasteiger partial charge on any atom is 0.178 e. The number of fused-ring (bicyclic) bond motifs is 1. The van der Waals surface area contributed by atoms with E-state index in [-0.39, 0.29) is 0 Å². The van der Waals surface area contributed by atoms with Gasteiger partial charge in [-0.1, -0.05) is 18.2 Å². The Kier molecular flexibility index (Phi) is 3.36. The molecule has 0 aliphatic heterocycles. The number of para-hydroxylation sites is 1. The van der Waals surface area contributed by atoms with E-state index in [2.05, 4.69) is 27.9 Å². The number of aryl methyl sites for hydroxylation is 2. The van der Waals surface area contributed by atoms with Crippen LogP contribution in [0.25, 0.3) is 22.4 Å². The maximum absolute atomic E-state index is 5.87. The van der Waals surface area contributed by atoms with Gasteiger partial charge in [0.25, 0.3) is 0 Å². The van der Waals surface area contributed by atoms with Crippen molar-refractivity contribution < 1.29 is 0 Å². The fourth-order valence-corrected chi connectivity index (χ4v) is 2.42. The molecule has 0 saturated carbocycles. The highest BCUT2D eigenvalue weighted by atomic mass is 35.5. The van der Waals surface area contributed by atoms with Gasteiger partial charge in [0, 0.05) is 11.1 Å². The SMILES string of the molecule is Cc1cc(CCl)nc(-c2cc(C)c3ccccc3n2)n1. The third-order valence-electron chi connectivity index (χ3n) is 3.20. The molecule has 0 bridgehead atoms. The molecule has 2 aromatic heterocycles. The number of rotatable bonds is 2. The molecule has 0 N–H and O–H groups in total. The van der Waals surface area contributed by atoms with Gasteiger partial charge >= 0.3 is 0 Å². The predicted octanol–water partition coefficient (Wildman–Crippen LogP) is 4.05. The molecule has 0 aliphatic carbocycles. The van der Waals surface area contributed by atoms with Crippen LogP contribution in [-0.4, -0.2) is 15.0 Å². The van der Waals surface area contributed by atoms with Gasteiger partial charge in [-0.25, -0.2) is 15.0 Å². The van der Waals surface area contributed by atoms with Gasteiger partial charge in [-0.2, -0.15) is 0 Å². The van der Waals surface area contributed by atoms with Crippen molar-refractivity contribution in [1.29, 1.82) is 0 Å². The number of halogens is 1. The summed E-state index contributed by atoms with van der Waals surface area (Å²) >= 11 is 5.87. The summed E-state index contributed by atoms with van der Waals surface area (Å²) in [5.41, 5.74) is 4.64. The first-order chi connectivity index (χ1) is 9.67. The van der Waals surface area contributed by atoms with Crippen LogP contribution >= 0.6 is 11.6 Å². The van der Waals surface area contributed by atoms with E-state index in [0.29, 0.717) is 11.7 Å². The first-order valence-corrected chi connectivity index (χ1v) is 6.98. The highest BCUT2D eigenvalue weighted by Crippen LogP contribution is 2.22. The van der Waals surface area contributed by atoms with Crippen molar-refractivity contribution in [2.45, 2.75) is 19.7 Å². The molecule has 0 unspecified atom stereocenters. The normalized spacial score (nSPS) is 10.9. The summed E-state index contributed by atoms with van der Waals surface area (Å²) in [7, 11) is 0. The second kappa shape index (κ2) is 5.17. The van der Waals surface area contributed by atoms with E-state index >= 15 is 0 Å². The number of pyridine rings is 1. The molecule has 20 heavy (non-hydrogen) atoms. The number of alkyl halides is 1. The fourth-order valence-electron chi connectivity index (χ4n) is 2.28. The third kappa shape index (κ3) is 2.37. The number of benzene rings is 1. The van der Waals surface area contributed by atoms with Gasteiger partial charge in [-0.15, -0.1) is 11.6 Å². The minimum atomic E-state index is 0.378.